The van der Waals surface area contributed by atoms with Gasteiger partial charge in [0.2, 0.25) is 0 Å². The van der Waals surface area contributed by atoms with Crippen molar-refractivity contribution in [3.05, 3.63) is 78.9 Å². The summed E-state index contributed by atoms with van der Waals surface area (Å²) in [5, 5.41) is 1.06. The van der Waals surface area contributed by atoms with Crippen molar-refractivity contribution < 1.29 is 0 Å². The lowest BCUT2D eigenvalue weighted by atomic mass is 10.1. The van der Waals surface area contributed by atoms with Crippen LogP contribution in [0.5, 0.6) is 0 Å². The van der Waals surface area contributed by atoms with Gasteiger partial charge in [0, 0.05) is 5.56 Å². The van der Waals surface area contributed by atoms with Gasteiger partial charge in [-0.15, -0.1) is 11.3 Å². The largest absolute Gasteiger partial charge is 0.236 e. The molecular formula is C19H12NS. The number of nitrogens with zero attached hydrogens (tertiary/aromatic N) is 1. The van der Waals surface area contributed by atoms with E-state index in [1.165, 1.54) is 15.8 Å². The Labute approximate surface area is 127 Å². The van der Waals surface area contributed by atoms with Crippen LogP contribution in [0.4, 0.5) is 0 Å². The minimum Gasteiger partial charge on any atom is -0.236 e. The van der Waals surface area contributed by atoms with Crippen LogP contribution in [0.1, 0.15) is 0 Å². The minimum absolute atomic E-state index is 1.06. The second-order valence-electron chi connectivity index (χ2n) is 4.86. The number of hydrogen-bond acceptors (Lipinski definition) is 2. The number of fused-ring (bicyclic) bond motifs is 1. The predicted octanol–water partition coefficient (Wildman–Crippen LogP) is 5.43. The highest BCUT2D eigenvalue weighted by atomic mass is 32.1. The van der Waals surface area contributed by atoms with Gasteiger partial charge >= 0.3 is 0 Å². The molecule has 0 spiro atoms. The Hall–Kier alpha value is -2.45. The van der Waals surface area contributed by atoms with E-state index in [0.717, 1.165) is 16.1 Å². The van der Waals surface area contributed by atoms with Crippen LogP contribution in [0.15, 0.2) is 72.8 Å². The summed E-state index contributed by atoms with van der Waals surface area (Å²) in [7, 11) is 0. The molecule has 99 valence electrons. The van der Waals surface area contributed by atoms with Gasteiger partial charge in [0.05, 0.1) is 10.2 Å². The predicted molar refractivity (Wildman–Crippen MR) is 89.3 cm³/mol. The van der Waals surface area contributed by atoms with E-state index in [2.05, 4.69) is 60.7 Å². The van der Waals surface area contributed by atoms with Gasteiger partial charge in [-0.2, -0.15) is 0 Å². The maximum absolute atomic E-state index is 4.77. The van der Waals surface area contributed by atoms with Gasteiger partial charge in [-0.25, -0.2) is 4.98 Å². The van der Waals surface area contributed by atoms with Crippen molar-refractivity contribution in [1.29, 1.82) is 0 Å². The van der Waals surface area contributed by atoms with Crippen molar-refractivity contribution in [2.24, 2.45) is 0 Å². The topological polar surface area (TPSA) is 12.9 Å². The summed E-state index contributed by atoms with van der Waals surface area (Å²) >= 11 is 1.73. The van der Waals surface area contributed by atoms with Gasteiger partial charge in [0.25, 0.3) is 0 Å². The molecule has 21 heavy (non-hydrogen) atoms. The highest BCUT2D eigenvalue weighted by Gasteiger charge is 2.07. The summed E-state index contributed by atoms with van der Waals surface area (Å²) in [6.07, 6.45) is 0. The maximum Gasteiger partial charge on any atom is 0.124 e. The first kappa shape index (κ1) is 12.3. The molecule has 0 fully saturated rings. The molecule has 0 aliphatic heterocycles. The van der Waals surface area contributed by atoms with Gasteiger partial charge in [-0.1, -0.05) is 60.7 Å². The number of hydrogen-bond donors (Lipinski definition) is 0. The van der Waals surface area contributed by atoms with E-state index in [-0.39, 0.29) is 0 Å². The molecule has 0 aliphatic carbocycles. The Morgan fingerprint density at radius 2 is 1.57 bits per heavy atom. The summed E-state index contributed by atoms with van der Waals surface area (Å²) < 4.78 is 1.22. The first-order valence-corrected chi connectivity index (χ1v) is 7.64. The molecule has 0 unspecified atom stereocenters. The van der Waals surface area contributed by atoms with Crippen molar-refractivity contribution in [2.75, 3.05) is 0 Å². The van der Waals surface area contributed by atoms with Crippen molar-refractivity contribution in [3.63, 3.8) is 0 Å². The minimum atomic E-state index is 1.06. The molecule has 4 aromatic rings. The SMILES string of the molecule is [c]1ccc(-c2nc3cc(-c4ccccc4)ccc3s2)cc1. The summed E-state index contributed by atoms with van der Waals surface area (Å²) in [6.45, 7) is 0. The molecule has 0 bridgehead atoms. The van der Waals surface area contributed by atoms with E-state index in [4.69, 9.17) is 4.98 Å². The Balaban J connectivity index is 1.82. The fourth-order valence-electron chi connectivity index (χ4n) is 2.39. The Morgan fingerprint density at radius 1 is 0.762 bits per heavy atom. The number of benzene rings is 3. The van der Waals surface area contributed by atoms with Crippen LogP contribution in [0.2, 0.25) is 0 Å². The van der Waals surface area contributed by atoms with Gasteiger partial charge < -0.3 is 0 Å². The van der Waals surface area contributed by atoms with Gasteiger partial charge in [-0.3, -0.25) is 0 Å². The third-order valence-electron chi connectivity index (χ3n) is 3.46. The van der Waals surface area contributed by atoms with E-state index in [1.807, 2.05) is 18.2 Å². The summed E-state index contributed by atoms with van der Waals surface area (Å²) in [5.74, 6) is 0. The monoisotopic (exact) mass is 286 g/mol. The zero-order valence-corrected chi connectivity index (χ0v) is 12.1. The van der Waals surface area contributed by atoms with Crippen LogP contribution in [0.25, 0.3) is 31.9 Å². The van der Waals surface area contributed by atoms with Crippen molar-refractivity contribution in [2.45, 2.75) is 0 Å². The molecule has 0 atom stereocenters. The van der Waals surface area contributed by atoms with E-state index in [0.29, 0.717) is 0 Å². The zero-order valence-electron chi connectivity index (χ0n) is 11.3. The molecule has 0 aliphatic rings. The fraction of sp³-hybridized carbons (Fsp3) is 0. The number of thiazole rings is 1. The molecule has 1 nitrogen and oxygen atoms in total. The highest BCUT2D eigenvalue weighted by molar-refractivity contribution is 7.21. The van der Waals surface area contributed by atoms with Crippen molar-refractivity contribution in [3.8, 4) is 21.7 Å². The standard InChI is InChI=1S/C19H12NS/c1-3-7-14(8-4-1)16-11-12-18-17(13-16)20-19(21-18)15-9-5-2-6-10-15/h1,3-13H. The van der Waals surface area contributed by atoms with Crippen LogP contribution >= 0.6 is 11.3 Å². The second kappa shape index (κ2) is 5.15. The van der Waals surface area contributed by atoms with E-state index < -0.39 is 0 Å². The van der Waals surface area contributed by atoms with Crippen LogP contribution in [0, 0.1) is 6.07 Å². The molecular weight excluding hydrogens is 274 g/mol. The molecule has 0 N–H and O–H groups in total. The lowest BCUT2D eigenvalue weighted by Crippen LogP contribution is -1.77. The quantitative estimate of drug-likeness (QED) is 0.479. The van der Waals surface area contributed by atoms with E-state index >= 15 is 0 Å². The highest BCUT2D eigenvalue weighted by Crippen LogP contribution is 2.32. The molecule has 4 rings (SSSR count). The molecule has 2 heteroatoms. The van der Waals surface area contributed by atoms with Crippen LogP contribution < -0.4 is 0 Å². The Bertz CT molecular complexity index is 842. The normalized spacial score (nSPS) is 10.9. The average molecular weight is 286 g/mol. The Kier molecular flexibility index (Phi) is 3.02. The molecule has 0 saturated carbocycles. The van der Waals surface area contributed by atoms with Crippen LogP contribution in [-0.2, 0) is 0 Å². The summed E-state index contributed by atoms with van der Waals surface area (Å²) in [4.78, 5) is 4.77. The first-order valence-electron chi connectivity index (χ1n) is 6.83. The average Bonchev–Trinajstić information content (AvgIpc) is 2.99. The molecule has 1 aromatic heterocycles. The van der Waals surface area contributed by atoms with Gasteiger partial charge in [-0.05, 0) is 29.3 Å². The fourth-order valence-corrected chi connectivity index (χ4v) is 3.34. The second-order valence-corrected chi connectivity index (χ2v) is 5.89. The van der Waals surface area contributed by atoms with Crippen LogP contribution in [-0.4, -0.2) is 4.98 Å². The maximum atomic E-state index is 4.77. The number of aromatic nitrogens is 1. The summed E-state index contributed by atoms with van der Waals surface area (Å²) in [6, 6.07) is 27.9. The first-order chi connectivity index (χ1) is 10.4. The molecule has 1 heterocycles. The molecule has 0 amide bonds. The molecule has 3 aromatic carbocycles. The van der Waals surface area contributed by atoms with Gasteiger partial charge in [0.1, 0.15) is 5.01 Å². The Morgan fingerprint density at radius 3 is 2.38 bits per heavy atom. The van der Waals surface area contributed by atoms with E-state index in [9.17, 15) is 0 Å². The lowest BCUT2D eigenvalue weighted by molar-refractivity contribution is 1.47. The van der Waals surface area contributed by atoms with Crippen molar-refractivity contribution in [1.82, 2.24) is 4.98 Å². The zero-order chi connectivity index (χ0) is 14.1. The molecule has 1 radical (unpaired) electrons. The smallest absolute Gasteiger partial charge is 0.124 e. The molecule has 0 saturated heterocycles. The van der Waals surface area contributed by atoms with Crippen LogP contribution in [0.3, 0.4) is 0 Å². The lowest BCUT2D eigenvalue weighted by Gasteiger charge is -2.00. The number of rotatable bonds is 2. The van der Waals surface area contributed by atoms with Crippen molar-refractivity contribution >= 4 is 21.6 Å². The van der Waals surface area contributed by atoms with Gasteiger partial charge in [0.15, 0.2) is 0 Å². The third-order valence-corrected chi connectivity index (χ3v) is 4.55. The summed E-state index contributed by atoms with van der Waals surface area (Å²) in [5.41, 5.74) is 4.64. The van der Waals surface area contributed by atoms with E-state index in [1.54, 1.807) is 11.3 Å². The third kappa shape index (κ3) is 2.34.